The summed E-state index contributed by atoms with van der Waals surface area (Å²) in [7, 11) is 1.94. The van der Waals surface area contributed by atoms with Crippen LogP contribution in [0.2, 0.25) is 0 Å². The smallest absolute Gasteiger partial charge is 0.234 e. The topological polar surface area (TPSA) is 59.4 Å². The Balaban J connectivity index is 1.48. The molecule has 1 N–H and O–H groups in total. The lowest BCUT2D eigenvalue weighted by atomic mass is 10.2. The van der Waals surface area contributed by atoms with Crippen LogP contribution < -0.4 is 10.1 Å². The number of carbonyl (C=O) groups is 1. The molecule has 0 atom stereocenters. The van der Waals surface area contributed by atoms with Crippen molar-refractivity contribution < 1.29 is 9.53 Å². The fraction of sp³-hybridized carbons (Fsp3) is 0.304. The number of para-hydroxylation sites is 2. The van der Waals surface area contributed by atoms with Crippen LogP contribution in [0.4, 0.5) is 0 Å². The number of nitrogens with zero attached hydrogens (tertiary/aromatic N) is 3. The summed E-state index contributed by atoms with van der Waals surface area (Å²) in [4.78, 5) is 14.2. The molecule has 1 heterocycles. The molecule has 3 aromatic rings. The molecule has 0 aliphatic rings. The highest BCUT2D eigenvalue weighted by Crippen LogP contribution is 2.19. The van der Waals surface area contributed by atoms with Gasteiger partial charge in [0, 0.05) is 17.8 Å². The minimum atomic E-state index is -0.0186. The van der Waals surface area contributed by atoms with Crippen LogP contribution in [0.15, 0.2) is 60.7 Å². The molecule has 1 amide bonds. The number of aryl methyl sites for hydroxylation is 1. The van der Waals surface area contributed by atoms with Crippen LogP contribution in [0.5, 0.6) is 5.75 Å². The Morgan fingerprint density at radius 1 is 1.07 bits per heavy atom. The van der Waals surface area contributed by atoms with E-state index in [2.05, 4.69) is 17.3 Å². The normalized spacial score (nSPS) is 10.9. The number of hydrogen-bond donors (Lipinski definition) is 1. The summed E-state index contributed by atoms with van der Waals surface area (Å²) in [6.07, 6.45) is 0. The van der Waals surface area contributed by atoms with Crippen LogP contribution in [0.3, 0.4) is 0 Å². The predicted octanol–water partition coefficient (Wildman–Crippen LogP) is 3.12. The van der Waals surface area contributed by atoms with Crippen molar-refractivity contribution in [2.24, 2.45) is 0 Å². The second kappa shape index (κ2) is 9.89. The summed E-state index contributed by atoms with van der Waals surface area (Å²) in [5.74, 6) is 0.787. The van der Waals surface area contributed by atoms with Crippen molar-refractivity contribution in [2.45, 2.75) is 20.4 Å². The van der Waals surface area contributed by atoms with E-state index in [1.54, 1.807) is 0 Å². The van der Waals surface area contributed by atoms with Crippen molar-refractivity contribution in [1.82, 2.24) is 20.0 Å². The Bertz CT molecular complexity index is 923. The zero-order chi connectivity index (χ0) is 20.6. The van der Waals surface area contributed by atoms with Crippen molar-refractivity contribution in [3.63, 3.8) is 0 Å². The number of ether oxygens (including phenoxy) is 1. The Morgan fingerprint density at radius 3 is 2.41 bits per heavy atom. The van der Waals surface area contributed by atoms with Gasteiger partial charge in [-0.15, -0.1) is 0 Å². The number of aromatic nitrogens is 2. The highest BCUT2D eigenvalue weighted by atomic mass is 16.5. The number of benzene rings is 2. The summed E-state index contributed by atoms with van der Waals surface area (Å²) in [6.45, 7) is 5.99. The summed E-state index contributed by atoms with van der Waals surface area (Å²) in [5, 5.41) is 7.58. The van der Waals surface area contributed by atoms with Gasteiger partial charge in [-0.2, -0.15) is 5.10 Å². The summed E-state index contributed by atoms with van der Waals surface area (Å²) in [5.41, 5.74) is 4.27. The molecule has 6 heteroatoms. The molecule has 0 saturated heterocycles. The maximum Gasteiger partial charge on any atom is 0.234 e. The number of rotatable bonds is 9. The third-order valence-corrected chi connectivity index (χ3v) is 4.72. The van der Waals surface area contributed by atoms with Gasteiger partial charge < -0.3 is 10.1 Å². The van der Waals surface area contributed by atoms with Gasteiger partial charge in [0.15, 0.2) is 0 Å². The van der Waals surface area contributed by atoms with E-state index in [4.69, 9.17) is 4.74 Å². The van der Waals surface area contributed by atoms with Gasteiger partial charge in [0.1, 0.15) is 12.4 Å². The lowest BCUT2D eigenvalue weighted by Crippen LogP contribution is -2.36. The molecule has 0 saturated carbocycles. The quantitative estimate of drug-likeness (QED) is 0.569. The van der Waals surface area contributed by atoms with Crippen LogP contribution in [-0.4, -0.2) is 47.3 Å². The molecule has 0 bridgehead atoms. The van der Waals surface area contributed by atoms with Gasteiger partial charge in [-0.3, -0.25) is 9.69 Å². The van der Waals surface area contributed by atoms with Gasteiger partial charge >= 0.3 is 0 Å². The minimum absolute atomic E-state index is 0.0186. The van der Waals surface area contributed by atoms with E-state index in [9.17, 15) is 4.79 Å². The Hall–Kier alpha value is -3.12. The molecule has 2 aromatic carbocycles. The lowest BCUT2D eigenvalue weighted by Gasteiger charge is -2.17. The molecule has 3 rings (SSSR count). The molecule has 0 aliphatic heterocycles. The molecular weight excluding hydrogens is 364 g/mol. The number of nitrogens with one attached hydrogen (secondary N) is 1. The number of hydrogen-bond acceptors (Lipinski definition) is 4. The molecule has 29 heavy (non-hydrogen) atoms. The molecule has 6 nitrogen and oxygen atoms in total. The summed E-state index contributed by atoms with van der Waals surface area (Å²) in [6, 6.07) is 19.7. The van der Waals surface area contributed by atoms with Crippen LogP contribution in [0, 0.1) is 13.8 Å². The van der Waals surface area contributed by atoms with E-state index in [0.29, 0.717) is 26.2 Å². The first kappa shape index (κ1) is 20.6. The van der Waals surface area contributed by atoms with E-state index in [0.717, 1.165) is 28.4 Å². The molecule has 0 aliphatic carbocycles. The zero-order valence-corrected chi connectivity index (χ0v) is 17.3. The molecule has 0 spiro atoms. The molecule has 0 radical (unpaired) electrons. The van der Waals surface area contributed by atoms with Crippen molar-refractivity contribution in [1.29, 1.82) is 0 Å². The van der Waals surface area contributed by atoms with Crippen LogP contribution >= 0.6 is 0 Å². The molecule has 152 valence electrons. The standard InChI is InChI=1S/C23H28N4O2/c1-18-22(19(2)27(25-18)20-10-6-4-7-11-20)16-26(3)17-23(28)24-14-15-29-21-12-8-5-9-13-21/h4-13H,14-17H2,1-3H3,(H,24,28). The average molecular weight is 393 g/mol. The first-order valence-corrected chi connectivity index (χ1v) is 9.78. The SMILES string of the molecule is Cc1nn(-c2ccccc2)c(C)c1CN(C)CC(=O)NCCOc1ccccc1. The molecular formula is C23H28N4O2. The minimum Gasteiger partial charge on any atom is -0.492 e. The molecule has 0 fully saturated rings. The van der Waals surface area contributed by atoms with E-state index in [-0.39, 0.29) is 5.91 Å². The van der Waals surface area contributed by atoms with Crippen LogP contribution in [-0.2, 0) is 11.3 Å². The maximum atomic E-state index is 12.2. The van der Waals surface area contributed by atoms with Gasteiger partial charge in [0.05, 0.1) is 24.5 Å². The van der Waals surface area contributed by atoms with Gasteiger partial charge in [-0.1, -0.05) is 36.4 Å². The highest BCUT2D eigenvalue weighted by Gasteiger charge is 2.15. The Morgan fingerprint density at radius 2 is 1.72 bits per heavy atom. The lowest BCUT2D eigenvalue weighted by molar-refractivity contribution is -0.122. The van der Waals surface area contributed by atoms with E-state index in [1.165, 1.54) is 0 Å². The van der Waals surface area contributed by atoms with Crippen molar-refractivity contribution in [2.75, 3.05) is 26.7 Å². The van der Waals surface area contributed by atoms with Gasteiger partial charge in [-0.05, 0) is 45.2 Å². The first-order chi connectivity index (χ1) is 14.0. The van der Waals surface area contributed by atoms with Crippen molar-refractivity contribution in [3.8, 4) is 11.4 Å². The first-order valence-electron chi connectivity index (χ1n) is 9.78. The van der Waals surface area contributed by atoms with Gasteiger partial charge in [-0.25, -0.2) is 4.68 Å². The largest absolute Gasteiger partial charge is 0.492 e. The fourth-order valence-corrected chi connectivity index (χ4v) is 3.23. The second-order valence-corrected chi connectivity index (χ2v) is 7.08. The zero-order valence-electron chi connectivity index (χ0n) is 17.3. The number of carbonyl (C=O) groups excluding carboxylic acids is 1. The predicted molar refractivity (Wildman–Crippen MR) is 114 cm³/mol. The van der Waals surface area contributed by atoms with Crippen molar-refractivity contribution in [3.05, 3.63) is 77.6 Å². The van der Waals surface area contributed by atoms with E-state index >= 15 is 0 Å². The summed E-state index contributed by atoms with van der Waals surface area (Å²) < 4.78 is 7.55. The molecule has 0 unspecified atom stereocenters. The fourth-order valence-electron chi connectivity index (χ4n) is 3.23. The second-order valence-electron chi connectivity index (χ2n) is 7.08. The van der Waals surface area contributed by atoms with Crippen LogP contribution in [0.1, 0.15) is 17.0 Å². The molecule has 1 aromatic heterocycles. The van der Waals surface area contributed by atoms with E-state index < -0.39 is 0 Å². The number of amides is 1. The average Bonchev–Trinajstić information content (AvgIpc) is 3.01. The van der Waals surface area contributed by atoms with Gasteiger partial charge in [0.25, 0.3) is 0 Å². The van der Waals surface area contributed by atoms with E-state index in [1.807, 2.05) is 84.2 Å². The monoisotopic (exact) mass is 392 g/mol. The Kier molecular flexibility index (Phi) is 7.03. The number of likely N-dealkylation sites (N-methyl/N-ethyl adjacent to an activating group) is 1. The third-order valence-electron chi connectivity index (χ3n) is 4.72. The Labute approximate surface area is 172 Å². The third kappa shape index (κ3) is 5.68. The maximum absolute atomic E-state index is 12.2. The van der Waals surface area contributed by atoms with Crippen LogP contribution in [0.25, 0.3) is 5.69 Å². The van der Waals surface area contributed by atoms with Crippen molar-refractivity contribution >= 4 is 5.91 Å². The summed E-state index contributed by atoms with van der Waals surface area (Å²) >= 11 is 0. The van der Waals surface area contributed by atoms with Gasteiger partial charge in [0.2, 0.25) is 5.91 Å². The highest BCUT2D eigenvalue weighted by molar-refractivity contribution is 5.77.